The van der Waals surface area contributed by atoms with Crippen molar-refractivity contribution in [2.75, 3.05) is 0 Å². The van der Waals surface area contributed by atoms with Crippen molar-refractivity contribution in [2.45, 2.75) is 99.7 Å². The highest BCUT2D eigenvalue weighted by atomic mass is 31.1. The van der Waals surface area contributed by atoms with Crippen molar-refractivity contribution in [3.63, 3.8) is 0 Å². The summed E-state index contributed by atoms with van der Waals surface area (Å²) in [6, 6.07) is 10.2. The normalized spacial score (nSPS) is 51.3. The van der Waals surface area contributed by atoms with Gasteiger partial charge in [-0.15, -0.1) is 0 Å². The molecule has 4 saturated carbocycles. The minimum absolute atomic E-state index is 0.122. The largest absolute Gasteiger partial charge is 0.0677 e. The molecule has 6 fully saturated rings. The molecule has 150 valence electrons. The van der Waals surface area contributed by atoms with Crippen molar-refractivity contribution in [1.29, 1.82) is 0 Å². The third kappa shape index (κ3) is 2.38. The number of hydrogen-bond donors (Lipinski definition) is 0. The van der Waals surface area contributed by atoms with Crippen LogP contribution in [0.4, 0.5) is 0 Å². The molecule has 2 aliphatic heterocycles. The second-order valence-corrected chi connectivity index (χ2v) is 16.2. The van der Waals surface area contributed by atoms with Gasteiger partial charge in [0.25, 0.3) is 0 Å². The minimum atomic E-state index is 0.122. The Kier molecular flexibility index (Phi) is 4.30. The highest BCUT2D eigenvalue weighted by molar-refractivity contribution is 7.73. The molecule has 1 aromatic rings. The molecule has 4 aliphatic carbocycles. The maximum absolute atomic E-state index is 2.67. The quantitative estimate of drug-likeness (QED) is 0.482. The molecular weight excluding hydrogens is 374 g/mol. The highest BCUT2D eigenvalue weighted by Crippen LogP contribution is 2.72. The van der Waals surface area contributed by atoms with E-state index in [0.29, 0.717) is 0 Å². The van der Waals surface area contributed by atoms with Gasteiger partial charge in [0, 0.05) is 0 Å². The van der Waals surface area contributed by atoms with Gasteiger partial charge < -0.3 is 0 Å². The van der Waals surface area contributed by atoms with Gasteiger partial charge in [-0.2, -0.15) is 0 Å². The van der Waals surface area contributed by atoms with E-state index in [1.54, 1.807) is 77.0 Å². The number of rotatable bonds is 2. The van der Waals surface area contributed by atoms with E-state index in [4.69, 9.17) is 0 Å². The van der Waals surface area contributed by atoms with Crippen LogP contribution in [0.3, 0.4) is 0 Å². The van der Waals surface area contributed by atoms with Gasteiger partial charge in [-0.1, -0.05) is 65.8 Å². The van der Waals surface area contributed by atoms with E-state index in [2.05, 4.69) is 24.3 Å². The average Bonchev–Trinajstić information content (AvgIpc) is 3.48. The summed E-state index contributed by atoms with van der Waals surface area (Å²) in [4.78, 5) is 0. The summed E-state index contributed by atoms with van der Waals surface area (Å²) in [5.74, 6) is 4.51. The van der Waals surface area contributed by atoms with Crippen molar-refractivity contribution in [2.24, 2.45) is 23.7 Å². The summed E-state index contributed by atoms with van der Waals surface area (Å²) in [5.41, 5.74) is 4.45. The maximum atomic E-state index is 2.67. The lowest BCUT2D eigenvalue weighted by molar-refractivity contribution is 0.384. The van der Waals surface area contributed by atoms with Crippen molar-refractivity contribution in [3.05, 3.63) is 24.3 Å². The van der Waals surface area contributed by atoms with Crippen LogP contribution in [0.2, 0.25) is 0 Å². The molecule has 0 bridgehead atoms. The zero-order valence-corrected chi connectivity index (χ0v) is 19.1. The second kappa shape index (κ2) is 6.79. The predicted octanol–water partition coefficient (Wildman–Crippen LogP) is 6.60. The monoisotopic (exact) mass is 410 g/mol. The number of fused-ring (bicyclic) bond motifs is 6. The summed E-state index contributed by atoms with van der Waals surface area (Å²) in [6.07, 6.45) is 18.8. The summed E-state index contributed by atoms with van der Waals surface area (Å²) < 4.78 is 0. The van der Waals surface area contributed by atoms with Gasteiger partial charge in [0.2, 0.25) is 0 Å². The van der Waals surface area contributed by atoms with E-state index in [1.807, 2.05) is 10.6 Å². The predicted molar refractivity (Wildman–Crippen MR) is 124 cm³/mol. The summed E-state index contributed by atoms with van der Waals surface area (Å²) in [7, 11) is 0.245. The molecule has 28 heavy (non-hydrogen) atoms. The molecule has 0 nitrogen and oxygen atoms in total. The van der Waals surface area contributed by atoms with Gasteiger partial charge in [0.1, 0.15) is 0 Å². The molecule has 0 aromatic heterocycles. The molecule has 0 spiro atoms. The zero-order valence-electron chi connectivity index (χ0n) is 17.3. The van der Waals surface area contributed by atoms with E-state index in [-0.39, 0.29) is 15.8 Å². The molecule has 2 heteroatoms. The third-order valence-electron chi connectivity index (χ3n) is 10.1. The van der Waals surface area contributed by atoms with Gasteiger partial charge in [-0.05, 0) is 108 Å². The van der Waals surface area contributed by atoms with Crippen LogP contribution < -0.4 is 10.6 Å². The molecule has 10 atom stereocenters. The van der Waals surface area contributed by atoms with E-state index >= 15 is 0 Å². The Hall–Kier alpha value is 0.0800. The van der Waals surface area contributed by atoms with E-state index in [9.17, 15) is 0 Å². The lowest BCUT2D eigenvalue weighted by Gasteiger charge is -2.32. The molecule has 6 aliphatic rings. The van der Waals surface area contributed by atoms with Gasteiger partial charge >= 0.3 is 0 Å². The molecule has 0 radical (unpaired) electrons. The molecular formula is C26H36P2. The lowest BCUT2D eigenvalue weighted by atomic mass is 9.90. The van der Waals surface area contributed by atoms with Crippen LogP contribution in [0.1, 0.15) is 77.0 Å². The van der Waals surface area contributed by atoms with E-state index in [1.165, 1.54) is 0 Å². The van der Waals surface area contributed by atoms with Crippen molar-refractivity contribution in [1.82, 2.24) is 0 Å². The van der Waals surface area contributed by atoms with Gasteiger partial charge in [-0.25, -0.2) is 0 Å². The van der Waals surface area contributed by atoms with Gasteiger partial charge in [0.05, 0.1) is 0 Å². The highest BCUT2D eigenvalue weighted by Gasteiger charge is 2.57. The standard InChI is InChI=1S/C26H36P2/c1-2-12-26(28-23-15-5-9-19(23)20-10-6-16-24(20)28)25(11-1)27-21-13-3-7-17(21)18-8-4-14-22(18)27/h1-2,11-12,17-24H,3-10,13-16H2/t17-,18?,19-,20?,21?,22+,23?,24+,27?,28?/m1/s1. The Balaban J connectivity index is 1.32. The van der Waals surface area contributed by atoms with Crippen LogP contribution in [0.15, 0.2) is 24.3 Å². The summed E-state index contributed by atoms with van der Waals surface area (Å²) in [6.45, 7) is 0. The topological polar surface area (TPSA) is 0 Å². The van der Waals surface area contributed by atoms with Crippen LogP contribution in [0.25, 0.3) is 0 Å². The maximum Gasteiger partial charge on any atom is -0.0135 e. The molecule has 7 rings (SSSR count). The second-order valence-electron chi connectivity index (χ2n) is 11.0. The smallest absolute Gasteiger partial charge is 0.0135 e. The first-order valence-electron chi connectivity index (χ1n) is 12.6. The third-order valence-corrected chi connectivity index (χ3v) is 17.6. The van der Waals surface area contributed by atoms with Crippen LogP contribution in [0.5, 0.6) is 0 Å². The van der Waals surface area contributed by atoms with Crippen LogP contribution in [-0.4, -0.2) is 22.6 Å². The van der Waals surface area contributed by atoms with Crippen molar-refractivity contribution in [3.8, 4) is 0 Å². The molecule has 2 heterocycles. The fraction of sp³-hybridized carbons (Fsp3) is 0.769. The first kappa shape index (κ1) is 17.7. The SMILES string of the molecule is c1ccc(P2C3CCC[C@@H]3C3CCC[C@@H]32)c(P2C3CCC[C@@H]3C3CCC[C@@H]32)c1. The zero-order chi connectivity index (χ0) is 18.2. The summed E-state index contributed by atoms with van der Waals surface area (Å²) >= 11 is 0. The Bertz CT molecular complexity index is 656. The van der Waals surface area contributed by atoms with Gasteiger partial charge in [0.15, 0.2) is 0 Å². The van der Waals surface area contributed by atoms with Gasteiger partial charge in [-0.3, -0.25) is 0 Å². The molecule has 1 aromatic carbocycles. The fourth-order valence-corrected chi connectivity index (χ4v) is 18.6. The fourth-order valence-electron chi connectivity index (χ4n) is 9.36. The Morgan fingerprint density at radius 2 is 0.786 bits per heavy atom. The molecule has 0 amide bonds. The van der Waals surface area contributed by atoms with Crippen molar-refractivity contribution < 1.29 is 0 Å². The van der Waals surface area contributed by atoms with Crippen LogP contribution >= 0.6 is 15.8 Å². The van der Waals surface area contributed by atoms with E-state index in [0.717, 1.165) is 46.3 Å². The number of benzene rings is 1. The lowest BCUT2D eigenvalue weighted by Crippen LogP contribution is -2.30. The molecule has 0 N–H and O–H groups in total. The molecule has 6 unspecified atom stereocenters. The number of hydrogen-bond acceptors (Lipinski definition) is 0. The van der Waals surface area contributed by atoms with Crippen LogP contribution in [0, 0.1) is 23.7 Å². The van der Waals surface area contributed by atoms with Crippen LogP contribution in [-0.2, 0) is 0 Å². The summed E-state index contributed by atoms with van der Waals surface area (Å²) in [5, 5.41) is 3.93. The first-order chi connectivity index (χ1) is 13.9. The average molecular weight is 411 g/mol. The van der Waals surface area contributed by atoms with Crippen molar-refractivity contribution >= 4 is 26.5 Å². The minimum Gasteiger partial charge on any atom is -0.0677 e. The Morgan fingerprint density at radius 3 is 1.11 bits per heavy atom. The Morgan fingerprint density at radius 1 is 0.464 bits per heavy atom. The first-order valence-corrected chi connectivity index (χ1v) is 15.5. The van der Waals surface area contributed by atoms with E-state index < -0.39 is 0 Å². The molecule has 2 saturated heterocycles. The Labute approximate surface area is 174 Å².